The van der Waals surface area contributed by atoms with Gasteiger partial charge >= 0.3 is 125 Å². The van der Waals surface area contributed by atoms with Crippen molar-refractivity contribution in [1.82, 2.24) is 0 Å². The van der Waals surface area contributed by atoms with Crippen molar-refractivity contribution in [2.75, 3.05) is 21.3 Å². The van der Waals surface area contributed by atoms with Crippen LogP contribution >= 0.6 is 7.51 Å². The summed E-state index contributed by atoms with van der Waals surface area (Å²) < 4.78 is 123. The van der Waals surface area contributed by atoms with E-state index in [0.29, 0.717) is 21.3 Å². The van der Waals surface area contributed by atoms with E-state index >= 15 is 0 Å². The molecule has 140 valence electrons. The molecule has 1 heterocycles. The first kappa shape index (κ1) is 20.8. The van der Waals surface area contributed by atoms with Crippen LogP contribution < -0.4 is 0 Å². The van der Waals surface area contributed by atoms with Crippen LogP contribution in [0.1, 0.15) is 6.42 Å². The third kappa shape index (κ3) is 2.92. The molecule has 0 bridgehead atoms. The molecular formula is C10H15F8O4P. The van der Waals surface area contributed by atoms with Gasteiger partial charge in [-0.25, -0.2) is 0 Å². The summed E-state index contributed by atoms with van der Waals surface area (Å²) in [5, 5.41) is 0. The summed E-state index contributed by atoms with van der Waals surface area (Å²) in [6, 6.07) is 0. The van der Waals surface area contributed by atoms with E-state index in [9.17, 15) is 35.1 Å². The van der Waals surface area contributed by atoms with E-state index in [1.165, 1.54) is 0 Å². The van der Waals surface area contributed by atoms with E-state index in [1.54, 1.807) is 0 Å². The molecule has 2 unspecified atom stereocenters. The van der Waals surface area contributed by atoms with Gasteiger partial charge in [0.2, 0.25) is 0 Å². The predicted molar refractivity (Wildman–Crippen MR) is 63.1 cm³/mol. The second-order valence-electron chi connectivity index (χ2n) is 4.71. The summed E-state index contributed by atoms with van der Waals surface area (Å²) >= 11 is 0. The van der Waals surface area contributed by atoms with Crippen molar-refractivity contribution in [1.29, 1.82) is 0 Å². The molecule has 1 aliphatic heterocycles. The van der Waals surface area contributed by atoms with Crippen molar-refractivity contribution in [3.8, 4) is 0 Å². The van der Waals surface area contributed by atoms with Gasteiger partial charge in [0, 0.05) is 0 Å². The Labute approximate surface area is 126 Å². The fourth-order valence-electron chi connectivity index (χ4n) is 2.41. The SMILES string of the molecule is COP1(OC)(OC)OC(C(F)(F)C(F)F)CC1C(F)(F)C(F)F. The second kappa shape index (κ2) is 6.21. The molecule has 0 aromatic rings. The van der Waals surface area contributed by atoms with Crippen molar-refractivity contribution >= 4 is 7.51 Å². The average molecular weight is 382 g/mol. The van der Waals surface area contributed by atoms with E-state index < -0.39 is 50.4 Å². The molecular weight excluding hydrogens is 367 g/mol. The summed E-state index contributed by atoms with van der Waals surface area (Å²) in [4.78, 5) is 0. The fraction of sp³-hybridized carbons (Fsp3) is 1.00. The van der Waals surface area contributed by atoms with Crippen molar-refractivity contribution in [2.24, 2.45) is 0 Å². The molecule has 1 aliphatic rings. The molecule has 2 atom stereocenters. The number of halogens is 8. The third-order valence-corrected chi connectivity index (χ3v) is 7.89. The average Bonchev–Trinajstić information content (AvgIpc) is 2.86. The van der Waals surface area contributed by atoms with Gasteiger partial charge in [0.05, 0.1) is 0 Å². The third-order valence-electron chi connectivity index (χ3n) is 3.71. The van der Waals surface area contributed by atoms with Gasteiger partial charge in [-0.1, -0.05) is 0 Å². The Morgan fingerprint density at radius 2 is 1.26 bits per heavy atom. The van der Waals surface area contributed by atoms with E-state index in [1.807, 2.05) is 0 Å². The van der Waals surface area contributed by atoms with Crippen LogP contribution in [0.15, 0.2) is 0 Å². The van der Waals surface area contributed by atoms with Gasteiger partial charge in [0.25, 0.3) is 0 Å². The first-order valence-electron chi connectivity index (χ1n) is 6.05. The molecule has 23 heavy (non-hydrogen) atoms. The van der Waals surface area contributed by atoms with Gasteiger partial charge in [-0.05, 0) is 0 Å². The zero-order chi connectivity index (χ0) is 18.3. The molecule has 0 aromatic heterocycles. The zero-order valence-corrected chi connectivity index (χ0v) is 13.0. The minimum absolute atomic E-state index is 0.655. The first-order valence-corrected chi connectivity index (χ1v) is 8.03. The minimum atomic E-state index is -5.69. The molecule has 0 spiro atoms. The number of hydrogen-bond donors (Lipinski definition) is 0. The first-order chi connectivity index (χ1) is 10.3. The Bertz CT molecular complexity index is 420. The van der Waals surface area contributed by atoms with E-state index in [0.717, 1.165) is 0 Å². The summed E-state index contributed by atoms with van der Waals surface area (Å²) in [5.41, 5.74) is -2.82. The molecule has 0 N–H and O–H groups in total. The second-order valence-corrected chi connectivity index (χ2v) is 8.38. The standard InChI is InChI=1S/C10H15F8O4P/c1-19-23(20-2,21-3)6(10(17,18)8(13)14)4-5(22-23)9(15,16)7(11)12/h5-8H,4H2,1-3H3. The molecule has 1 saturated heterocycles. The van der Waals surface area contributed by atoms with Crippen molar-refractivity contribution in [3.05, 3.63) is 0 Å². The maximum atomic E-state index is 13.8. The number of rotatable bonds is 7. The van der Waals surface area contributed by atoms with Gasteiger partial charge in [0.1, 0.15) is 0 Å². The molecule has 13 heteroatoms. The van der Waals surface area contributed by atoms with Crippen LogP contribution in [0.4, 0.5) is 35.1 Å². The van der Waals surface area contributed by atoms with Gasteiger partial charge in [-0.2, -0.15) is 0 Å². The Balaban J connectivity index is 3.46. The summed E-state index contributed by atoms with van der Waals surface area (Å²) in [7, 11) is -3.72. The van der Waals surface area contributed by atoms with Crippen LogP contribution in [0.5, 0.6) is 0 Å². The van der Waals surface area contributed by atoms with E-state index in [4.69, 9.17) is 0 Å². The van der Waals surface area contributed by atoms with Crippen molar-refractivity contribution < 1.29 is 53.2 Å². The molecule has 0 radical (unpaired) electrons. The van der Waals surface area contributed by atoms with Crippen LogP contribution in [0, 0.1) is 0 Å². The Hall–Kier alpha value is -0.290. The maximum absolute atomic E-state index is 13.8. The fourth-order valence-corrected chi connectivity index (χ4v) is 5.92. The Morgan fingerprint density at radius 1 is 0.870 bits per heavy atom. The van der Waals surface area contributed by atoms with E-state index in [-0.39, 0.29) is 0 Å². The van der Waals surface area contributed by atoms with Crippen LogP contribution in [0.25, 0.3) is 0 Å². The molecule has 0 aliphatic carbocycles. The molecule has 0 amide bonds. The number of alkyl halides is 8. The molecule has 0 aromatic carbocycles. The summed E-state index contributed by atoms with van der Waals surface area (Å²) in [6.45, 7) is 0. The zero-order valence-electron chi connectivity index (χ0n) is 12.1. The Kier molecular flexibility index (Phi) is 5.61. The monoisotopic (exact) mass is 382 g/mol. The van der Waals surface area contributed by atoms with Crippen molar-refractivity contribution in [3.63, 3.8) is 0 Å². The van der Waals surface area contributed by atoms with Crippen LogP contribution in [-0.2, 0) is 18.1 Å². The topological polar surface area (TPSA) is 36.9 Å². The van der Waals surface area contributed by atoms with Crippen LogP contribution in [0.2, 0.25) is 0 Å². The summed E-state index contributed by atoms with van der Waals surface area (Å²) in [5.74, 6) is -9.83. The molecule has 1 fully saturated rings. The molecule has 0 saturated carbocycles. The van der Waals surface area contributed by atoms with Crippen LogP contribution in [0.3, 0.4) is 0 Å². The van der Waals surface area contributed by atoms with Gasteiger partial charge < -0.3 is 0 Å². The van der Waals surface area contributed by atoms with Crippen molar-refractivity contribution in [2.45, 2.75) is 42.9 Å². The predicted octanol–water partition coefficient (Wildman–Crippen LogP) is 4.10. The number of hydrogen-bond acceptors (Lipinski definition) is 4. The Morgan fingerprint density at radius 3 is 1.57 bits per heavy atom. The van der Waals surface area contributed by atoms with Crippen LogP contribution in [-0.4, -0.2) is 57.8 Å². The van der Waals surface area contributed by atoms with E-state index in [2.05, 4.69) is 18.1 Å². The quantitative estimate of drug-likeness (QED) is 0.491. The van der Waals surface area contributed by atoms with Gasteiger partial charge in [-0.3, -0.25) is 0 Å². The van der Waals surface area contributed by atoms with Gasteiger partial charge in [0.15, 0.2) is 0 Å². The molecule has 4 nitrogen and oxygen atoms in total. The molecule has 1 rings (SSSR count). The normalized spacial score (nSPS) is 29.7. The summed E-state index contributed by atoms with van der Waals surface area (Å²) in [6.07, 6.45) is -13.0. The van der Waals surface area contributed by atoms with Gasteiger partial charge in [-0.15, -0.1) is 0 Å².